The second-order valence-electron chi connectivity index (χ2n) is 4.85. The highest BCUT2D eigenvalue weighted by Crippen LogP contribution is 2.42. The van der Waals surface area contributed by atoms with Gasteiger partial charge in [0.15, 0.2) is 0 Å². The van der Waals surface area contributed by atoms with Crippen LogP contribution in [0, 0.1) is 0 Å². The Kier molecular flexibility index (Phi) is 6.94. The lowest BCUT2D eigenvalue weighted by atomic mass is 10.1. The molecule has 0 amide bonds. The van der Waals surface area contributed by atoms with Crippen molar-refractivity contribution in [2.45, 2.75) is 32.7 Å². The first-order valence-corrected chi connectivity index (χ1v) is 10.2. The minimum Gasteiger partial charge on any atom is -0.310 e. The van der Waals surface area contributed by atoms with Crippen LogP contribution in [0.3, 0.4) is 0 Å². The summed E-state index contributed by atoms with van der Waals surface area (Å²) in [6.45, 7) is 5.41. The largest absolute Gasteiger partial charge is 0.310 e. The normalized spacial score (nSPS) is 12.6. The van der Waals surface area contributed by atoms with Crippen molar-refractivity contribution in [2.24, 2.45) is 0 Å². The van der Waals surface area contributed by atoms with E-state index in [4.69, 9.17) is 0 Å². The predicted octanol–water partition coefficient (Wildman–Crippen LogP) is 7.15. The molecule has 2 rings (SSSR count). The van der Waals surface area contributed by atoms with Crippen molar-refractivity contribution in [3.8, 4) is 10.4 Å². The number of rotatable bonds is 6. The zero-order valence-electron chi connectivity index (χ0n) is 12.1. The fourth-order valence-corrected chi connectivity index (χ4v) is 6.47. The lowest BCUT2D eigenvalue weighted by Gasteiger charge is -2.15. The first kappa shape index (κ1) is 17.7. The van der Waals surface area contributed by atoms with Crippen LogP contribution in [0.1, 0.15) is 37.6 Å². The molecule has 5 heteroatoms. The Balaban J connectivity index is 2.35. The molecule has 0 bridgehead atoms. The molecule has 1 aromatic heterocycles. The van der Waals surface area contributed by atoms with Gasteiger partial charge >= 0.3 is 0 Å². The topological polar surface area (TPSA) is 12.0 Å². The maximum atomic E-state index is 3.67. The van der Waals surface area contributed by atoms with Gasteiger partial charge in [0.05, 0.1) is 0 Å². The summed E-state index contributed by atoms with van der Waals surface area (Å²) in [6, 6.07) is 9.12. The Morgan fingerprint density at radius 3 is 2.33 bits per heavy atom. The number of hydrogen-bond acceptors (Lipinski definition) is 2. The SMILES string of the molecule is CCCC(NCC)c1ccc(-c2c(Br)cc(Br)cc2Br)s1. The molecule has 0 aliphatic rings. The smallest absolute Gasteiger partial charge is 0.0414 e. The molecule has 0 fully saturated rings. The first-order valence-electron chi connectivity index (χ1n) is 7.04. The van der Waals surface area contributed by atoms with Crippen LogP contribution in [0.25, 0.3) is 10.4 Å². The van der Waals surface area contributed by atoms with Crippen LogP contribution < -0.4 is 5.32 Å². The van der Waals surface area contributed by atoms with Gasteiger partial charge in [-0.05, 0) is 37.2 Å². The van der Waals surface area contributed by atoms with Crippen LogP contribution in [-0.2, 0) is 0 Å². The van der Waals surface area contributed by atoms with E-state index >= 15 is 0 Å². The van der Waals surface area contributed by atoms with Crippen molar-refractivity contribution in [3.05, 3.63) is 42.6 Å². The van der Waals surface area contributed by atoms with E-state index in [9.17, 15) is 0 Å². The molecule has 0 aliphatic carbocycles. The summed E-state index contributed by atoms with van der Waals surface area (Å²) in [6.07, 6.45) is 2.37. The summed E-state index contributed by atoms with van der Waals surface area (Å²) in [5.74, 6) is 0. The van der Waals surface area contributed by atoms with Gasteiger partial charge in [-0.2, -0.15) is 0 Å². The summed E-state index contributed by atoms with van der Waals surface area (Å²) in [7, 11) is 0. The van der Waals surface area contributed by atoms with Crippen LogP contribution in [0.4, 0.5) is 0 Å². The highest BCUT2D eigenvalue weighted by atomic mass is 79.9. The Bertz CT molecular complexity index is 580. The fourth-order valence-electron chi connectivity index (χ4n) is 2.33. The number of hydrogen-bond donors (Lipinski definition) is 1. The third kappa shape index (κ3) is 4.41. The molecule has 1 N–H and O–H groups in total. The minimum atomic E-state index is 0.465. The van der Waals surface area contributed by atoms with Gasteiger partial charge in [-0.1, -0.05) is 68.1 Å². The average molecular weight is 496 g/mol. The average Bonchev–Trinajstić information content (AvgIpc) is 2.86. The summed E-state index contributed by atoms with van der Waals surface area (Å²) in [4.78, 5) is 2.70. The van der Waals surface area contributed by atoms with Crippen LogP contribution in [-0.4, -0.2) is 6.54 Å². The molecule has 0 spiro atoms. The number of halogens is 3. The molecule has 1 aromatic carbocycles. The van der Waals surface area contributed by atoms with E-state index in [2.05, 4.69) is 91.2 Å². The predicted molar refractivity (Wildman–Crippen MR) is 104 cm³/mol. The molecule has 0 radical (unpaired) electrons. The Morgan fingerprint density at radius 2 is 1.76 bits per heavy atom. The monoisotopic (exact) mass is 493 g/mol. The van der Waals surface area contributed by atoms with Gasteiger partial charge in [0.2, 0.25) is 0 Å². The standard InChI is InChI=1S/C16H18Br3NS/c1-3-5-13(20-4-2)14-6-7-15(21-14)16-11(18)8-10(17)9-12(16)19/h6-9,13,20H,3-5H2,1-2H3. The number of nitrogens with one attached hydrogen (secondary N) is 1. The lowest BCUT2D eigenvalue weighted by Crippen LogP contribution is -2.19. The molecule has 0 saturated heterocycles. The van der Waals surface area contributed by atoms with E-state index in [1.165, 1.54) is 28.2 Å². The van der Waals surface area contributed by atoms with Crippen molar-refractivity contribution in [2.75, 3.05) is 6.54 Å². The van der Waals surface area contributed by atoms with Crippen molar-refractivity contribution in [3.63, 3.8) is 0 Å². The van der Waals surface area contributed by atoms with Gasteiger partial charge in [0.25, 0.3) is 0 Å². The van der Waals surface area contributed by atoms with Crippen molar-refractivity contribution < 1.29 is 0 Å². The van der Waals surface area contributed by atoms with Gasteiger partial charge < -0.3 is 5.32 Å². The third-order valence-electron chi connectivity index (χ3n) is 3.25. The molecule has 21 heavy (non-hydrogen) atoms. The Labute approximate surface area is 155 Å². The van der Waals surface area contributed by atoms with E-state index in [1.807, 2.05) is 11.3 Å². The number of benzene rings is 1. The van der Waals surface area contributed by atoms with Crippen LogP contribution in [0.2, 0.25) is 0 Å². The highest BCUT2D eigenvalue weighted by Gasteiger charge is 2.16. The quantitative estimate of drug-likeness (QED) is 0.448. The molecule has 1 unspecified atom stereocenters. The lowest BCUT2D eigenvalue weighted by molar-refractivity contribution is 0.516. The molecule has 1 nitrogen and oxygen atoms in total. The first-order chi connectivity index (χ1) is 10.1. The maximum absolute atomic E-state index is 3.67. The van der Waals surface area contributed by atoms with Crippen molar-refractivity contribution >= 4 is 59.1 Å². The molecule has 1 heterocycles. The van der Waals surface area contributed by atoms with Crippen molar-refractivity contribution in [1.29, 1.82) is 0 Å². The molecule has 0 saturated carbocycles. The minimum absolute atomic E-state index is 0.465. The second-order valence-corrected chi connectivity index (χ2v) is 8.59. The maximum Gasteiger partial charge on any atom is 0.0414 e. The number of thiophene rings is 1. The van der Waals surface area contributed by atoms with Gasteiger partial charge in [0, 0.05) is 34.8 Å². The second kappa shape index (κ2) is 8.25. The van der Waals surface area contributed by atoms with Gasteiger partial charge in [-0.15, -0.1) is 11.3 Å². The van der Waals surface area contributed by atoms with E-state index in [0.29, 0.717) is 6.04 Å². The van der Waals surface area contributed by atoms with E-state index in [-0.39, 0.29) is 0 Å². The Morgan fingerprint density at radius 1 is 1.10 bits per heavy atom. The fraction of sp³-hybridized carbons (Fsp3) is 0.375. The van der Waals surface area contributed by atoms with E-state index in [0.717, 1.165) is 20.0 Å². The van der Waals surface area contributed by atoms with Crippen molar-refractivity contribution in [1.82, 2.24) is 5.32 Å². The van der Waals surface area contributed by atoms with Gasteiger partial charge in [0.1, 0.15) is 0 Å². The molecule has 0 aliphatic heterocycles. The zero-order chi connectivity index (χ0) is 15.4. The van der Waals surface area contributed by atoms with Crippen LogP contribution in [0.5, 0.6) is 0 Å². The molecule has 2 aromatic rings. The highest BCUT2D eigenvalue weighted by molar-refractivity contribution is 9.11. The summed E-state index contributed by atoms with van der Waals surface area (Å²) in [5, 5.41) is 3.58. The zero-order valence-corrected chi connectivity index (χ0v) is 17.6. The third-order valence-corrected chi connectivity index (χ3v) is 6.18. The summed E-state index contributed by atoms with van der Waals surface area (Å²) >= 11 is 12.7. The molecule has 114 valence electrons. The van der Waals surface area contributed by atoms with E-state index < -0.39 is 0 Å². The molecular formula is C16H18Br3NS. The van der Waals surface area contributed by atoms with Gasteiger partial charge in [-0.3, -0.25) is 0 Å². The van der Waals surface area contributed by atoms with Crippen LogP contribution in [0.15, 0.2) is 37.7 Å². The Hall–Kier alpha value is 0.320. The summed E-state index contributed by atoms with van der Waals surface area (Å²) < 4.78 is 3.28. The van der Waals surface area contributed by atoms with E-state index in [1.54, 1.807) is 0 Å². The summed E-state index contributed by atoms with van der Waals surface area (Å²) in [5.41, 5.74) is 1.22. The molecule has 1 atom stereocenters. The van der Waals surface area contributed by atoms with Crippen LogP contribution >= 0.6 is 59.1 Å². The van der Waals surface area contributed by atoms with Gasteiger partial charge in [-0.25, -0.2) is 0 Å². The molecular weight excluding hydrogens is 478 g/mol.